The summed E-state index contributed by atoms with van der Waals surface area (Å²) in [6, 6.07) is 7.46. The second-order valence-electron chi connectivity index (χ2n) is 8.08. The Morgan fingerprint density at radius 3 is 2.48 bits per heavy atom. The summed E-state index contributed by atoms with van der Waals surface area (Å²) in [6.07, 6.45) is 1.05. The van der Waals surface area contributed by atoms with E-state index in [1.54, 1.807) is 10.9 Å². The monoisotopic (exact) mass is 406 g/mol. The molecule has 2 atom stereocenters. The van der Waals surface area contributed by atoms with Gasteiger partial charge in [-0.1, -0.05) is 24.3 Å². The van der Waals surface area contributed by atoms with E-state index < -0.39 is 12.1 Å². The number of halogens is 3. The number of nitrogens with zero attached hydrogens (tertiary/aromatic N) is 3. The number of carbonyl (C=O) groups is 1. The SMILES string of the molecule is Cn1cc(-c2ccc(C3CC3N(CC3CCNCC3)C(=O)C(F)(F)F)cc2)cn1. The van der Waals surface area contributed by atoms with Crippen molar-refractivity contribution in [1.82, 2.24) is 20.0 Å². The molecular formula is C21H25F3N4O. The van der Waals surface area contributed by atoms with Crippen molar-refractivity contribution in [2.45, 2.75) is 37.4 Å². The van der Waals surface area contributed by atoms with E-state index in [1.165, 1.54) is 0 Å². The van der Waals surface area contributed by atoms with Crippen LogP contribution in [0.3, 0.4) is 0 Å². The molecule has 0 radical (unpaired) electrons. The lowest BCUT2D eigenvalue weighted by atomic mass is 9.97. The van der Waals surface area contributed by atoms with Gasteiger partial charge in [0.25, 0.3) is 0 Å². The lowest BCUT2D eigenvalue weighted by Gasteiger charge is -2.31. The predicted octanol–water partition coefficient (Wildman–Crippen LogP) is 3.33. The number of rotatable bonds is 5. The first-order valence-electron chi connectivity index (χ1n) is 10.0. The highest BCUT2D eigenvalue weighted by Crippen LogP contribution is 2.46. The van der Waals surface area contributed by atoms with Crippen LogP contribution in [-0.2, 0) is 11.8 Å². The second-order valence-corrected chi connectivity index (χ2v) is 8.08. The number of aryl methyl sites for hydroxylation is 1. The molecule has 2 aliphatic rings. The van der Waals surface area contributed by atoms with Crippen LogP contribution in [0.25, 0.3) is 11.1 Å². The van der Waals surface area contributed by atoms with Crippen LogP contribution in [0.1, 0.15) is 30.7 Å². The van der Waals surface area contributed by atoms with Crippen LogP contribution >= 0.6 is 0 Å². The van der Waals surface area contributed by atoms with Crippen LogP contribution in [0.2, 0.25) is 0 Å². The molecule has 1 aliphatic carbocycles. The zero-order chi connectivity index (χ0) is 20.6. The first-order valence-corrected chi connectivity index (χ1v) is 10.0. The number of aromatic nitrogens is 2. The fourth-order valence-electron chi connectivity index (χ4n) is 4.25. The summed E-state index contributed by atoms with van der Waals surface area (Å²) in [5.41, 5.74) is 2.98. The average Bonchev–Trinajstić information content (AvgIpc) is 3.38. The zero-order valence-electron chi connectivity index (χ0n) is 16.3. The fraction of sp³-hybridized carbons (Fsp3) is 0.524. The Labute approximate surface area is 167 Å². The van der Waals surface area contributed by atoms with Gasteiger partial charge in [-0.25, -0.2) is 0 Å². The van der Waals surface area contributed by atoms with E-state index in [0.717, 1.165) is 47.5 Å². The van der Waals surface area contributed by atoms with Crippen molar-refractivity contribution in [3.63, 3.8) is 0 Å². The Kier molecular flexibility index (Phi) is 5.38. The minimum absolute atomic E-state index is 0.0361. The molecule has 2 fully saturated rings. The molecule has 0 spiro atoms. The van der Waals surface area contributed by atoms with Crippen molar-refractivity contribution >= 4 is 5.91 Å². The van der Waals surface area contributed by atoms with Gasteiger partial charge in [0.05, 0.1) is 6.20 Å². The second kappa shape index (κ2) is 7.82. The Morgan fingerprint density at radius 2 is 1.90 bits per heavy atom. The maximum absolute atomic E-state index is 13.2. The number of alkyl halides is 3. The number of hydrogen-bond acceptors (Lipinski definition) is 3. The van der Waals surface area contributed by atoms with Crippen molar-refractivity contribution in [3.05, 3.63) is 42.2 Å². The molecule has 2 unspecified atom stereocenters. The van der Waals surface area contributed by atoms with Gasteiger partial charge < -0.3 is 10.2 Å². The highest BCUT2D eigenvalue weighted by atomic mass is 19.4. The first kappa shape index (κ1) is 19.9. The Balaban J connectivity index is 1.47. The van der Waals surface area contributed by atoms with E-state index >= 15 is 0 Å². The smallest absolute Gasteiger partial charge is 0.331 e. The molecule has 4 rings (SSSR count). The van der Waals surface area contributed by atoms with Crippen molar-refractivity contribution in [3.8, 4) is 11.1 Å². The van der Waals surface area contributed by atoms with Crippen LogP contribution in [-0.4, -0.2) is 52.4 Å². The number of amides is 1. The summed E-state index contributed by atoms with van der Waals surface area (Å²) in [6.45, 7) is 1.78. The van der Waals surface area contributed by atoms with Crippen LogP contribution in [0.15, 0.2) is 36.7 Å². The number of nitrogens with one attached hydrogen (secondary N) is 1. The number of benzene rings is 1. The maximum Gasteiger partial charge on any atom is 0.471 e. The topological polar surface area (TPSA) is 50.2 Å². The third kappa shape index (κ3) is 4.47. The Hall–Kier alpha value is -2.35. The summed E-state index contributed by atoms with van der Waals surface area (Å²) in [5, 5.41) is 7.37. The highest BCUT2D eigenvalue weighted by Gasteiger charge is 2.52. The van der Waals surface area contributed by atoms with E-state index in [2.05, 4.69) is 10.4 Å². The van der Waals surface area contributed by atoms with Crippen molar-refractivity contribution < 1.29 is 18.0 Å². The van der Waals surface area contributed by atoms with Crippen LogP contribution < -0.4 is 5.32 Å². The largest absolute Gasteiger partial charge is 0.471 e. The predicted molar refractivity (Wildman–Crippen MR) is 103 cm³/mol. The lowest BCUT2D eigenvalue weighted by Crippen LogP contribution is -2.46. The summed E-state index contributed by atoms with van der Waals surface area (Å²) < 4.78 is 41.3. The molecule has 0 bridgehead atoms. The van der Waals surface area contributed by atoms with E-state index in [9.17, 15) is 18.0 Å². The molecule has 1 aliphatic heterocycles. The van der Waals surface area contributed by atoms with Gasteiger partial charge in [-0.2, -0.15) is 18.3 Å². The quantitative estimate of drug-likeness (QED) is 0.829. The Bertz CT molecular complexity index is 856. The van der Waals surface area contributed by atoms with Crippen LogP contribution in [0, 0.1) is 5.92 Å². The standard InChI is InChI=1S/C21H25F3N4O/c1-27-13-17(11-26-27)15-2-4-16(5-3-15)18-10-19(18)28(20(29)21(22,23)24)12-14-6-8-25-9-7-14/h2-5,11,13-14,18-19,25H,6-10,12H2,1H3. The molecule has 1 N–H and O–H groups in total. The van der Waals surface area contributed by atoms with Gasteiger partial charge in [0, 0.05) is 37.3 Å². The van der Waals surface area contributed by atoms with E-state index in [4.69, 9.17) is 0 Å². The van der Waals surface area contributed by atoms with E-state index in [0.29, 0.717) is 6.42 Å². The molecule has 1 saturated heterocycles. The summed E-state index contributed by atoms with van der Waals surface area (Å²) in [7, 11) is 1.85. The zero-order valence-corrected chi connectivity index (χ0v) is 16.3. The molecule has 29 heavy (non-hydrogen) atoms. The number of carbonyl (C=O) groups excluding carboxylic acids is 1. The van der Waals surface area contributed by atoms with Gasteiger partial charge in [0.15, 0.2) is 0 Å². The summed E-state index contributed by atoms with van der Waals surface area (Å²) in [4.78, 5) is 13.2. The highest BCUT2D eigenvalue weighted by molar-refractivity contribution is 5.82. The molecule has 5 nitrogen and oxygen atoms in total. The molecule has 8 heteroatoms. The van der Waals surface area contributed by atoms with Gasteiger partial charge in [-0.05, 0) is 49.4 Å². The third-order valence-corrected chi connectivity index (χ3v) is 5.95. The van der Waals surface area contributed by atoms with Crippen LogP contribution in [0.4, 0.5) is 13.2 Å². The minimum atomic E-state index is -4.83. The average molecular weight is 406 g/mol. The minimum Gasteiger partial charge on any atom is -0.331 e. The molecule has 1 aromatic heterocycles. The van der Waals surface area contributed by atoms with Crippen molar-refractivity contribution in [1.29, 1.82) is 0 Å². The molecule has 1 amide bonds. The van der Waals surface area contributed by atoms with Gasteiger partial charge in [-0.15, -0.1) is 0 Å². The normalized spacial score (nSPS) is 22.5. The van der Waals surface area contributed by atoms with Crippen LogP contribution in [0.5, 0.6) is 0 Å². The lowest BCUT2D eigenvalue weighted by molar-refractivity contribution is -0.186. The van der Waals surface area contributed by atoms with Gasteiger partial charge >= 0.3 is 12.1 Å². The number of hydrogen-bond donors (Lipinski definition) is 1. The summed E-state index contributed by atoms with van der Waals surface area (Å²) in [5.74, 6) is -1.61. The van der Waals surface area contributed by atoms with E-state index in [-0.39, 0.29) is 24.4 Å². The molecule has 2 aromatic rings. The maximum atomic E-state index is 13.2. The molecule has 2 heterocycles. The van der Waals surface area contributed by atoms with Crippen molar-refractivity contribution in [2.75, 3.05) is 19.6 Å². The van der Waals surface area contributed by atoms with Gasteiger partial charge in [0.2, 0.25) is 0 Å². The van der Waals surface area contributed by atoms with Gasteiger partial charge in [-0.3, -0.25) is 9.48 Å². The van der Waals surface area contributed by atoms with E-state index in [1.807, 2.05) is 37.5 Å². The molecule has 1 aromatic carbocycles. The summed E-state index contributed by atoms with van der Waals surface area (Å²) >= 11 is 0. The van der Waals surface area contributed by atoms with Crippen molar-refractivity contribution in [2.24, 2.45) is 13.0 Å². The molecule has 1 saturated carbocycles. The number of piperidine rings is 1. The first-order chi connectivity index (χ1) is 13.8. The third-order valence-electron chi connectivity index (χ3n) is 5.95. The van der Waals surface area contributed by atoms with Gasteiger partial charge in [0.1, 0.15) is 0 Å². The Morgan fingerprint density at radius 1 is 1.21 bits per heavy atom. The fourth-order valence-corrected chi connectivity index (χ4v) is 4.25. The molecular weight excluding hydrogens is 381 g/mol. The molecule has 156 valence electrons.